The van der Waals surface area contributed by atoms with Crippen LogP contribution in [-0.4, -0.2) is 52.9 Å². The molecular weight excluding hydrogens is 276 g/mol. The van der Waals surface area contributed by atoms with Crippen molar-refractivity contribution in [1.82, 2.24) is 14.8 Å². The number of carbonyl (C=O) groups is 1. The number of piperazine rings is 1. The Morgan fingerprint density at radius 1 is 1.27 bits per heavy atom. The van der Waals surface area contributed by atoms with Gasteiger partial charge < -0.3 is 10.6 Å². The molecule has 1 aliphatic heterocycles. The van der Waals surface area contributed by atoms with Crippen molar-refractivity contribution in [3.8, 4) is 0 Å². The predicted molar refractivity (Wildman–Crippen MR) is 88.2 cm³/mol. The average Bonchev–Trinajstić information content (AvgIpc) is 2.54. The topological polar surface area (TPSA) is 62.5 Å². The molecule has 1 saturated heterocycles. The van der Waals surface area contributed by atoms with Crippen molar-refractivity contribution in [3.05, 3.63) is 30.1 Å². The lowest BCUT2D eigenvalue weighted by Crippen LogP contribution is -2.53. The highest BCUT2D eigenvalue weighted by Crippen LogP contribution is 2.21. The fraction of sp³-hybridized carbons (Fsp3) is 0.647. The first-order valence-electron chi connectivity index (χ1n) is 8.17. The molecule has 2 heterocycles. The van der Waals surface area contributed by atoms with Crippen LogP contribution in [0.5, 0.6) is 0 Å². The van der Waals surface area contributed by atoms with Crippen LogP contribution in [0.4, 0.5) is 0 Å². The van der Waals surface area contributed by atoms with Crippen molar-refractivity contribution in [2.45, 2.75) is 39.3 Å². The molecule has 0 bridgehead atoms. The molecule has 2 rings (SSSR count). The monoisotopic (exact) mass is 304 g/mol. The quantitative estimate of drug-likeness (QED) is 0.898. The molecule has 1 aliphatic rings. The van der Waals surface area contributed by atoms with E-state index in [-0.39, 0.29) is 11.9 Å². The third-order valence-electron chi connectivity index (χ3n) is 4.38. The highest BCUT2D eigenvalue weighted by Gasteiger charge is 2.27. The Morgan fingerprint density at radius 2 is 1.95 bits per heavy atom. The van der Waals surface area contributed by atoms with E-state index in [9.17, 15) is 4.79 Å². The van der Waals surface area contributed by atoms with Gasteiger partial charge in [-0.25, -0.2) is 0 Å². The Balaban J connectivity index is 1.86. The van der Waals surface area contributed by atoms with Gasteiger partial charge in [-0.15, -0.1) is 0 Å². The first-order chi connectivity index (χ1) is 10.5. The summed E-state index contributed by atoms with van der Waals surface area (Å²) in [6.45, 7) is 9.68. The lowest BCUT2D eigenvalue weighted by Gasteiger charge is -2.39. The number of hydrogen-bond acceptors (Lipinski definition) is 4. The Hall–Kier alpha value is -1.46. The standard InChI is InChI=1S/C17H28N4O/c1-13(2)11-16(18)17(22)21-9-7-20(8-10-21)14(3)15-5-4-6-19-12-15/h4-6,12-14,16H,7-11,18H2,1-3H3/t14?,16-/m0/s1. The van der Waals surface area contributed by atoms with E-state index < -0.39 is 0 Å². The SMILES string of the molecule is CC(C)C[C@H](N)C(=O)N1CCN(C(C)c2cccnc2)CC1. The van der Waals surface area contributed by atoms with E-state index in [2.05, 4.69) is 36.7 Å². The summed E-state index contributed by atoms with van der Waals surface area (Å²) < 4.78 is 0. The molecule has 22 heavy (non-hydrogen) atoms. The largest absolute Gasteiger partial charge is 0.339 e. The summed E-state index contributed by atoms with van der Waals surface area (Å²) in [5, 5.41) is 0. The van der Waals surface area contributed by atoms with Crippen LogP contribution < -0.4 is 5.73 Å². The number of aromatic nitrogens is 1. The van der Waals surface area contributed by atoms with Crippen molar-refractivity contribution < 1.29 is 4.79 Å². The summed E-state index contributed by atoms with van der Waals surface area (Å²) in [7, 11) is 0. The summed E-state index contributed by atoms with van der Waals surface area (Å²) in [5.74, 6) is 0.549. The smallest absolute Gasteiger partial charge is 0.239 e. The van der Waals surface area contributed by atoms with Gasteiger partial charge in [-0.2, -0.15) is 0 Å². The lowest BCUT2D eigenvalue weighted by atomic mass is 10.0. The molecule has 0 radical (unpaired) electrons. The van der Waals surface area contributed by atoms with E-state index in [0.29, 0.717) is 12.0 Å². The van der Waals surface area contributed by atoms with Gasteiger partial charge in [-0.1, -0.05) is 19.9 Å². The number of hydrogen-bond donors (Lipinski definition) is 1. The third kappa shape index (κ3) is 4.27. The van der Waals surface area contributed by atoms with Crippen molar-refractivity contribution in [3.63, 3.8) is 0 Å². The second-order valence-corrected chi connectivity index (χ2v) is 6.56. The molecule has 122 valence electrons. The fourth-order valence-corrected chi connectivity index (χ4v) is 3.01. The molecule has 0 spiro atoms. The minimum Gasteiger partial charge on any atom is -0.339 e. The highest BCUT2D eigenvalue weighted by molar-refractivity contribution is 5.81. The van der Waals surface area contributed by atoms with E-state index in [1.54, 1.807) is 6.20 Å². The number of rotatable bonds is 5. The van der Waals surface area contributed by atoms with Gasteiger partial charge in [0.05, 0.1) is 6.04 Å². The number of nitrogens with two attached hydrogens (primary N) is 1. The Kier molecular flexibility index (Phi) is 5.91. The number of pyridine rings is 1. The van der Waals surface area contributed by atoms with Gasteiger partial charge in [0.15, 0.2) is 0 Å². The van der Waals surface area contributed by atoms with E-state index in [4.69, 9.17) is 5.73 Å². The number of carbonyl (C=O) groups excluding carboxylic acids is 1. The third-order valence-corrected chi connectivity index (χ3v) is 4.38. The summed E-state index contributed by atoms with van der Waals surface area (Å²) in [5.41, 5.74) is 7.24. The van der Waals surface area contributed by atoms with Crippen LogP contribution >= 0.6 is 0 Å². The predicted octanol–water partition coefficient (Wildman–Crippen LogP) is 1.66. The molecule has 5 heteroatoms. The summed E-state index contributed by atoms with van der Waals surface area (Å²) >= 11 is 0. The second kappa shape index (κ2) is 7.70. The van der Waals surface area contributed by atoms with Gasteiger partial charge in [0, 0.05) is 44.6 Å². The van der Waals surface area contributed by atoms with Crippen LogP contribution in [0.2, 0.25) is 0 Å². The Labute approximate surface area is 133 Å². The maximum atomic E-state index is 12.4. The maximum absolute atomic E-state index is 12.4. The van der Waals surface area contributed by atoms with E-state index in [1.807, 2.05) is 17.2 Å². The lowest BCUT2D eigenvalue weighted by molar-refractivity contribution is -0.135. The Morgan fingerprint density at radius 3 is 2.50 bits per heavy atom. The van der Waals surface area contributed by atoms with Gasteiger partial charge in [0.2, 0.25) is 5.91 Å². The first-order valence-corrected chi connectivity index (χ1v) is 8.17. The summed E-state index contributed by atoms with van der Waals surface area (Å²) in [4.78, 5) is 20.9. The Bertz CT molecular complexity index is 469. The van der Waals surface area contributed by atoms with Crippen molar-refractivity contribution >= 4 is 5.91 Å². The van der Waals surface area contributed by atoms with Crippen LogP contribution in [0.15, 0.2) is 24.5 Å². The second-order valence-electron chi connectivity index (χ2n) is 6.56. The zero-order chi connectivity index (χ0) is 16.1. The van der Waals surface area contributed by atoms with Crippen LogP contribution in [0.1, 0.15) is 38.8 Å². The van der Waals surface area contributed by atoms with Crippen molar-refractivity contribution in [2.24, 2.45) is 11.7 Å². The fourth-order valence-electron chi connectivity index (χ4n) is 3.01. The molecule has 5 nitrogen and oxygen atoms in total. The first kappa shape index (κ1) is 16.9. The normalized spacial score (nSPS) is 19.2. The highest BCUT2D eigenvalue weighted by atomic mass is 16.2. The zero-order valence-electron chi connectivity index (χ0n) is 13.9. The molecule has 2 atom stereocenters. The van der Waals surface area contributed by atoms with Crippen molar-refractivity contribution in [2.75, 3.05) is 26.2 Å². The molecule has 2 N–H and O–H groups in total. The molecule has 0 saturated carbocycles. The van der Waals surface area contributed by atoms with E-state index >= 15 is 0 Å². The molecule has 0 aromatic carbocycles. The van der Waals surface area contributed by atoms with E-state index in [0.717, 1.165) is 32.6 Å². The average molecular weight is 304 g/mol. The van der Waals surface area contributed by atoms with Gasteiger partial charge in [0.25, 0.3) is 0 Å². The zero-order valence-corrected chi connectivity index (χ0v) is 13.9. The molecule has 1 fully saturated rings. The summed E-state index contributed by atoms with van der Waals surface area (Å²) in [6, 6.07) is 4.04. The molecular formula is C17H28N4O. The van der Waals surface area contributed by atoms with Crippen LogP contribution in [0.25, 0.3) is 0 Å². The molecule has 1 amide bonds. The minimum absolute atomic E-state index is 0.0994. The van der Waals surface area contributed by atoms with Gasteiger partial charge in [-0.3, -0.25) is 14.7 Å². The molecule has 0 aliphatic carbocycles. The maximum Gasteiger partial charge on any atom is 0.239 e. The molecule has 1 aromatic heterocycles. The van der Waals surface area contributed by atoms with Gasteiger partial charge in [0.1, 0.15) is 0 Å². The molecule has 1 unspecified atom stereocenters. The van der Waals surface area contributed by atoms with Crippen LogP contribution in [-0.2, 0) is 4.79 Å². The van der Waals surface area contributed by atoms with Crippen LogP contribution in [0.3, 0.4) is 0 Å². The molecule has 1 aromatic rings. The summed E-state index contributed by atoms with van der Waals surface area (Å²) in [6.07, 6.45) is 4.47. The number of amides is 1. The van der Waals surface area contributed by atoms with Gasteiger partial charge in [-0.05, 0) is 30.9 Å². The van der Waals surface area contributed by atoms with Gasteiger partial charge >= 0.3 is 0 Å². The van der Waals surface area contributed by atoms with E-state index in [1.165, 1.54) is 5.56 Å². The van der Waals surface area contributed by atoms with Crippen molar-refractivity contribution in [1.29, 1.82) is 0 Å². The minimum atomic E-state index is -0.359. The number of nitrogens with zero attached hydrogens (tertiary/aromatic N) is 3. The van der Waals surface area contributed by atoms with Crippen LogP contribution in [0, 0.1) is 5.92 Å².